The third-order valence-electron chi connectivity index (χ3n) is 4.33. The van der Waals surface area contributed by atoms with Crippen molar-refractivity contribution >= 4 is 27.5 Å². The molecule has 1 unspecified atom stereocenters. The van der Waals surface area contributed by atoms with E-state index in [2.05, 4.69) is 24.3 Å². The smallest absolute Gasteiger partial charge is 0.237 e. The molecule has 0 aromatic heterocycles. The molecule has 1 aromatic carbocycles. The Labute approximate surface area is 149 Å². The molecule has 1 atom stereocenters. The molecule has 1 aliphatic heterocycles. The van der Waals surface area contributed by atoms with Gasteiger partial charge in [0.1, 0.15) is 0 Å². The molecular weight excluding hydrogens is 344 g/mol. The maximum Gasteiger partial charge on any atom is 0.237 e. The largest absolute Gasteiger partial charge is 0.338 e. The second kappa shape index (κ2) is 8.36. The van der Waals surface area contributed by atoms with Crippen molar-refractivity contribution in [1.29, 1.82) is 0 Å². The van der Waals surface area contributed by atoms with E-state index in [-0.39, 0.29) is 23.5 Å². The number of nitrogens with zero attached hydrogens (tertiary/aromatic N) is 2. The van der Waals surface area contributed by atoms with Crippen molar-refractivity contribution in [3.8, 4) is 0 Å². The summed E-state index contributed by atoms with van der Waals surface area (Å²) in [5, 5.41) is 0. The molecule has 1 aromatic rings. The lowest BCUT2D eigenvalue weighted by atomic mass is 10.2. The SMILES string of the molecule is CCN(C(=O)CN(C)Cc1ccc(SC)cc1)C1CCS(=O)(=O)C1. The third-order valence-corrected chi connectivity index (χ3v) is 6.82. The highest BCUT2D eigenvalue weighted by molar-refractivity contribution is 7.98. The molecule has 1 aliphatic rings. The van der Waals surface area contributed by atoms with E-state index in [1.807, 2.05) is 25.1 Å². The predicted molar refractivity (Wildman–Crippen MR) is 99.0 cm³/mol. The van der Waals surface area contributed by atoms with Crippen LogP contribution in [0, 0.1) is 0 Å². The molecule has 2 rings (SSSR count). The number of thioether (sulfide) groups is 1. The molecule has 0 aliphatic carbocycles. The van der Waals surface area contributed by atoms with Gasteiger partial charge >= 0.3 is 0 Å². The molecule has 0 spiro atoms. The number of benzene rings is 1. The first kappa shape index (κ1) is 19.3. The summed E-state index contributed by atoms with van der Waals surface area (Å²) in [6, 6.07) is 8.15. The molecule has 1 saturated heterocycles. The third kappa shape index (κ3) is 5.22. The van der Waals surface area contributed by atoms with Crippen molar-refractivity contribution in [1.82, 2.24) is 9.80 Å². The molecule has 7 heteroatoms. The van der Waals surface area contributed by atoms with E-state index in [4.69, 9.17) is 0 Å². The molecule has 24 heavy (non-hydrogen) atoms. The average Bonchev–Trinajstić information content (AvgIpc) is 2.88. The first-order valence-corrected chi connectivity index (χ1v) is 11.2. The zero-order chi connectivity index (χ0) is 17.7. The quantitative estimate of drug-likeness (QED) is 0.686. The number of likely N-dealkylation sites (N-methyl/N-ethyl adjacent to an activating group) is 2. The van der Waals surface area contributed by atoms with E-state index in [0.717, 1.165) is 5.56 Å². The Morgan fingerprint density at radius 3 is 2.46 bits per heavy atom. The van der Waals surface area contributed by atoms with Gasteiger partial charge in [0.15, 0.2) is 9.84 Å². The fourth-order valence-corrected chi connectivity index (χ4v) is 5.22. The Kier molecular flexibility index (Phi) is 6.71. The maximum absolute atomic E-state index is 12.6. The number of rotatable bonds is 7. The van der Waals surface area contributed by atoms with Crippen LogP contribution < -0.4 is 0 Å². The fourth-order valence-electron chi connectivity index (χ4n) is 3.08. The van der Waals surface area contributed by atoms with Gasteiger partial charge in [-0.3, -0.25) is 9.69 Å². The highest BCUT2D eigenvalue weighted by Gasteiger charge is 2.33. The van der Waals surface area contributed by atoms with Crippen LogP contribution in [-0.4, -0.2) is 68.1 Å². The standard InChI is InChI=1S/C17H26N2O3S2/c1-4-19(15-9-10-24(21,22)13-15)17(20)12-18(2)11-14-5-7-16(23-3)8-6-14/h5-8,15H,4,9-13H2,1-3H3. The van der Waals surface area contributed by atoms with Crippen LogP contribution in [0.3, 0.4) is 0 Å². The van der Waals surface area contributed by atoms with Crippen molar-refractivity contribution in [3.63, 3.8) is 0 Å². The minimum atomic E-state index is -2.98. The van der Waals surface area contributed by atoms with Crippen LogP contribution in [-0.2, 0) is 21.2 Å². The zero-order valence-corrected chi connectivity index (χ0v) is 16.2. The van der Waals surface area contributed by atoms with Gasteiger partial charge in [0, 0.05) is 24.0 Å². The Balaban J connectivity index is 1.91. The van der Waals surface area contributed by atoms with E-state index in [1.54, 1.807) is 16.7 Å². The topological polar surface area (TPSA) is 57.7 Å². The van der Waals surface area contributed by atoms with Gasteiger partial charge in [-0.15, -0.1) is 11.8 Å². The van der Waals surface area contributed by atoms with Crippen LogP contribution in [0.2, 0.25) is 0 Å². The lowest BCUT2D eigenvalue weighted by Crippen LogP contribution is -2.45. The molecule has 1 fully saturated rings. The Bertz CT molecular complexity index is 659. The Morgan fingerprint density at radius 2 is 1.96 bits per heavy atom. The second-order valence-corrected chi connectivity index (χ2v) is 9.37. The first-order chi connectivity index (χ1) is 11.3. The van der Waals surface area contributed by atoms with Crippen LogP contribution in [0.4, 0.5) is 0 Å². The van der Waals surface area contributed by atoms with Gasteiger partial charge < -0.3 is 4.90 Å². The highest BCUT2D eigenvalue weighted by Crippen LogP contribution is 2.18. The lowest BCUT2D eigenvalue weighted by molar-refractivity contribution is -0.133. The molecule has 5 nitrogen and oxygen atoms in total. The van der Waals surface area contributed by atoms with E-state index in [0.29, 0.717) is 26.1 Å². The zero-order valence-electron chi connectivity index (χ0n) is 14.6. The summed E-state index contributed by atoms with van der Waals surface area (Å²) >= 11 is 1.70. The molecule has 0 bridgehead atoms. The molecule has 0 saturated carbocycles. The summed E-state index contributed by atoms with van der Waals surface area (Å²) in [5.74, 6) is 0.300. The number of hydrogen-bond acceptors (Lipinski definition) is 5. The number of carbonyl (C=O) groups excluding carboxylic acids is 1. The number of amides is 1. The average molecular weight is 371 g/mol. The minimum Gasteiger partial charge on any atom is -0.338 e. The highest BCUT2D eigenvalue weighted by atomic mass is 32.2. The first-order valence-electron chi connectivity index (χ1n) is 8.16. The van der Waals surface area contributed by atoms with Crippen LogP contribution in [0.1, 0.15) is 18.9 Å². The minimum absolute atomic E-state index is 0.00262. The predicted octanol–water partition coefficient (Wildman–Crippen LogP) is 1.88. The number of sulfone groups is 1. The molecule has 1 amide bonds. The summed E-state index contributed by atoms with van der Waals surface area (Å²) in [7, 11) is -1.06. The van der Waals surface area contributed by atoms with E-state index < -0.39 is 9.84 Å². The van der Waals surface area contributed by atoms with Crippen LogP contribution in [0.25, 0.3) is 0 Å². The van der Waals surface area contributed by atoms with E-state index >= 15 is 0 Å². The van der Waals surface area contributed by atoms with Crippen molar-refractivity contribution in [2.45, 2.75) is 30.8 Å². The van der Waals surface area contributed by atoms with Gasteiger partial charge in [-0.2, -0.15) is 0 Å². The van der Waals surface area contributed by atoms with Crippen molar-refractivity contribution in [2.75, 3.05) is 37.9 Å². The van der Waals surface area contributed by atoms with Crippen LogP contribution in [0.15, 0.2) is 29.2 Å². The monoisotopic (exact) mass is 370 g/mol. The van der Waals surface area contributed by atoms with Gasteiger partial charge in [0.25, 0.3) is 0 Å². The number of carbonyl (C=O) groups is 1. The molecule has 0 N–H and O–H groups in total. The van der Waals surface area contributed by atoms with E-state index in [1.165, 1.54) is 4.90 Å². The van der Waals surface area contributed by atoms with Gasteiger partial charge in [-0.05, 0) is 44.3 Å². The molecular formula is C17H26N2O3S2. The van der Waals surface area contributed by atoms with Gasteiger partial charge in [-0.1, -0.05) is 12.1 Å². The summed E-state index contributed by atoms with van der Waals surface area (Å²) < 4.78 is 23.3. The van der Waals surface area contributed by atoms with Crippen molar-refractivity contribution in [3.05, 3.63) is 29.8 Å². The van der Waals surface area contributed by atoms with Crippen molar-refractivity contribution in [2.24, 2.45) is 0 Å². The summed E-state index contributed by atoms with van der Waals surface area (Å²) in [6.45, 7) is 3.45. The van der Waals surface area contributed by atoms with Gasteiger partial charge in [0.05, 0.1) is 18.1 Å². The molecule has 1 heterocycles. The Hall–Kier alpha value is -1.05. The summed E-state index contributed by atoms with van der Waals surface area (Å²) in [5.41, 5.74) is 1.16. The van der Waals surface area contributed by atoms with Gasteiger partial charge in [0.2, 0.25) is 5.91 Å². The van der Waals surface area contributed by atoms with E-state index in [9.17, 15) is 13.2 Å². The maximum atomic E-state index is 12.6. The molecule has 0 radical (unpaired) electrons. The summed E-state index contributed by atoms with van der Waals surface area (Å²) in [6.07, 6.45) is 2.60. The lowest BCUT2D eigenvalue weighted by Gasteiger charge is -2.29. The second-order valence-electron chi connectivity index (χ2n) is 6.26. The fraction of sp³-hybridized carbons (Fsp3) is 0.588. The van der Waals surface area contributed by atoms with Crippen LogP contribution >= 0.6 is 11.8 Å². The Morgan fingerprint density at radius 1 is 1.29 bits per heavy atom. The van der Waals surface area contributed by atoms with Crippen LogP contribution in [0.5, 0.6) is 0 Å². The van der Waals surface area contributed by atoms with Crippen molar-refractivity contribution < 1.29 is 13.2 Å². The van der Waals surface area contributed by atoms with Gasteiger partial charge in [-0.25, -0.2) is 8.42 Å². The molecule has 134 valence electrons. The summed E-state index contributed by atoms with van der Waals surface area (Å²) in [4.78, 5) is 17.5. The normalized spacial score (nSPS) is 19.6. The number of hydrogen-bond donors (Lipinski definition) is 0.